The van der Waals surface area contributed by atoms with E-state index in [1.54, 1.807) is 0 Å². The Hall–Kier alpha value is -1.10. The molecular weight excluding hydrogens is 208 g/mol. The topological polar surface area (TPSA) is 78.4 Å². The Morgan fingerprint density at radius 2 is 2.19 bits per heavy atom. The maximum atomic E-state index is 11.7. The Bertz CT molecular complexity index is 260. The summed E-state index contributed by atoms with van der Waals surface area (Å²) in [5.74, 6) is -0.900. The van der Waals surface area contributed by atoms with Crippen molar-refractivity contribution >= 4 is 11.9 Å². The number of aliphatic carboxylic acids is 1. The second-order valence-corrected chi connectivity index (χ2v) is 4.68. The monoisotopic (exact) mass is 228 g/mol. The second kappa shape index (κ2) is 5.84. The van der Waals surface area contributed by atoms with Crippen LogP contribution >= 0.6 is 0 Å². The molecule has 0 radical (unpaired) electrons. The standard InChI is InChI=1S/C11H20N2O3/c1-7(2)6-9(11(15)16)13-10(14)8-4-3-5-12-8/h7-9,12H,3-6H2,1-2H3,(H,13,14)(H,15,16)/t8-,9+/m0/s1. The van der Waals surface area contributed by atoms with Crippen LogP contribution in [0.25, 0.3) is 0 Å². The van der Waals surface area contributed by atoms with Crippen LogP contribution in [0.5, 0.6) is 0 Å². The lowest BCUT2D eigenvalue weighted by atomic mass is 10.0. The zero-order valence-corrected chi connectivity index (χ0v) is 9.82. The average Bonchev–Trinajstić information content (AvgIpc) is 2.68. The molecule has 3 N–H and O–H groups in total. The summed E-state index contributed by atoms with van der Waals surface area (Å²) in [6.07, 6.45) is 2.23. The Balaban J connectivity index is 2.47. The molecule has 1 aliphatic rings. The number of amides is 1. The Kier molecular flexibility index (Phi) is 4.73. The van der Waals surface area contributed by atoms with Gasteiger partial charge in [0.15, 0.2) is 0 Å². The van der Waals surface area contributed by atoms with Crippen LogP contribution in [0, 0.1) is 5.92 Å². The minimum Gasteiger partial charge on any atom is -0.480 e. The highest BCUT2D eigenvalue weighted by Crippen LogP contribution is 2.08. The third-order valence-electron chi connectivity index (χ3n) is 2.70. The number of hydrogen-bond donors (Lipinski definition) is 3. The minimum atomic E-state index is -0.958. The smallest absolute Gasteiger partial charge is 0.326 e. The van der Waals surface area contributed by atoms with Crippen molar-refractivity contribution in [3.05, 3.63) is 0 Å². The lowest BCUT2D eigenvalue weighted by molar-refractivity contribution is -0.142. The van der Waals surface area contributed by atoms with Crippen LogP contribution in [-0.4, -0.2) is 35.6 Å². The predicted molar refractivity (Wildman–Crippen MR) is 60.0 cm³/mol. The van der Waals surface area contributed by atoms with E-state index in [4.69, 9.17) is 5.11 Å². The summed E-state index contributed by atoms with van der Waals surface area (Å²) < 4.78 is 0. The molecule has 1 aliphatic heterocycles. The van der Waals surface area contributed by atoms with Gasteiger partial charge in [0, 0.05) is 0 Å². The van der Waals surface area contributed by atoms with Gasteiger partial charge >= 0.3 is 5.97 Å². The molecule has 92 valence electrons. The van der Waals surface area contributed by atoms with Gasteiger partial charge in [-0.15, -0.1) is 0 Å². The Morgan fingerprint density at radius 3 is 2.62 bits per heavy atom. The predicted octanol–water partition coefficient (Wildman–Crippen LogP) is 0.354. The first-order valence-electron chi connectivity index (χ1n) is 5.77. The molecule has 1 rings (SSSR count). The van der Waals surface area contributed by atoms with Crippen molar-refractivity contribution in [2.45, 2.75) is 45.2 Å². The van der Waals surface area contributed by atoms with Crippen molar-refractivity contribution in [1.29, 1.82) is 0 Å². The number of rotatable bonds is 5. The zero-order chi connectivity index (χ0) is 12.1. The first-order valence-corrected chi connectivity index (χ1v) is 5.77. The molecule has 0 bridgehead atoms. The van der Waals surface area contributed by atoms with Gasteiger partial charge in [-0.2, -0.15) is 0 Å². The fraction of sp³-hybridized carbons (Fsp3) is 0.818. The lowest BCUT2D eigenvalue weighted by Crippen LogP contribution is -2.48. The second-order valence-electron chi connectivity index (χ2n) is 4.68. The largest absolute Gasteiger partial charge is 0.480 e. The molecule has 0 aliphatic carbocycles. The molecule has 16 heavy (non-hydrogen) atoms. The van der Waals surface area contributed by atoms with Gasteiger partial charge in [0.1, 0.15) is 6.04 Å². The van der Waals surface area contributed by atoms with Crippen molar-refractivity contribution in [3.8, 4) is 0 Å². The molecule has 5 nitrogen and oxygen atoms in total. The van der Waals surface area contributed by atoms with E-state index in [9.17, 15) is 9.59 Å². The quantitative estimate of drug-likeness (QED) is 0.634. The van der Waals surface area contributed by atoms with Gasteiger partial charge in [-0.25, -0.2) is 4.79 Å². The normalized spacial score (nSPS) is 22.1. The molecule has 1 heterocycles. The molecule has 1 amide bonds. The summed E-state index contributed by atoms with van der Waals surface area (Å²) in [5, 5.41) is 14.6. The van der Waals surface area contributed by atoms with Crippen LogP contribution in [0.2, 0.25) is 0 Å². The fourth-order valence-corrected chi connectivity index (χ4v) is 1.87. The van der Waals surface area contributed by atoms with E-state index in [1.807, 2.05) is 13.8 Å². The highest BCUT2D eigenvalue weighted by molar-refractivity contribution is 5.87. The number of hydrogen-bond acceptors (Lipinski definition) is 3. The summed E-state index contributed by atoms with van der Waals surface area (Å²) in [5.41, 5.74) is 0. The number of carboxylic acids is 1. The van der Waals surface area contributed by atoms with Gasteiger partial charge in [0.2, 0.25) is 5.91 Å². The summed E-state index contributed by atoms with van der Waals surface area (Å²) >= 11 is 0. The summed E-state index contributed by atoms with van der Waals surface area (Å²) in [6, 6.07) is -0.982. The van der Waals surface area contributed by atoms with E-state index < -0.39 is 12.0 Å². The molecule has 0 spiro atoms. The zero-order valence-electron chi connectivity index (χ0n) is 9.82. The Morgan fingerprint density at radius 1 is 1.50 bits per heavy atom. The highest BCUT2D eigenvalue weighted by atomic mass is 16.4. The van der Waals surface area contributed by atoms with Crippen molar-refractivity contribution in [3.63, 3.8) is 0 Å². The molecular formula is C11H20N2O3. The van der Waals surface area contributed by atoms with Crippen molar-refractivity contribution in [1.82, 2.24) is 10.6 Å². The van der Waals surface area contributed by atoms with Gasteiger partial charge in [-0.1, -0.05) is 13.8 Å². The summed E-state index contributed by atoms with van der Waals surface area (Å²) in [6.45, 7) is 4.71. The van der Waals surface area contributed by atoms with E-state index in [2.05, 4.69) is 10.6 Å². The summed E-state index contributed by atoms with van der Waals surface area (Å²) in [4.78, 5) is 22.7. The first-order chi connectivity index (χ1) is 7.50. The van der Waals surface area contributed by atoms with Gasteiger partial charge < -0.3 is 15.7 Å². The molecule has 0 unspecified atom stereocenters. The SMILES string of the molecule is CC(C)C[C@@H](NC(=O)[C@@H]1CCCN1)C(=O)O. The van der Waals surface area contributed by atoms with Gasteiger partial charge in [0.25, 0.3) is 0 Å². The third kappa shape index (κ3) is 3.81. The molecule has 2 atom stereocenters. The molecule has 5 heteroatoms. The Labute approximate surface area is 95.6 Å². The van der Waals surface area contributed by atoms with E-state index in [1.165, 1.54) is 0 Å². The van der Waals surface area contributed by atoms with Gasteiger partial charge in [-0.3, -0.25) is 4.79 Å². The van der Waals surface area contributed by atoms with Crippen LogP contribution in [0.3, 0.4) is 0 Å². The molecule has 1 saturated heterocycles. The maximum Gasteiger partial charge on any atom is 0.326 e. The van der Waals surface area contributed by atoms with E-state index >= 15 is 0 Å². The molecule has 0 aromatic rings. The van der Waals surface area contributed by atoms with Crippen molar-refractivity contribution < 1.29 is 14.7 Å². The van der Waals surface area contributed by atoms with Gasteiger partial charge in [0.05, 0.1) is 6.04 Å². The fourth-order valence-electron chi connectivity index (χ4n) is 1.87. The van der Waals surface area contributed by atoms with Crippen LogP contribution in [0.1, 0.15) is 33.1 Å². The van der Waals surface area contributed by atoms with Crippen LogP contribution in [0.4, 0.5) is 0 Å². The number of carbonyl (C=O) groups excluding carboxylic acids is 1. The van der Waals surface area contributed by atoms with Gasteiger partial charge in [-0.05, 0) is 31.7 Å². The van der Waals surface area contributed by atoms with E-state index in [0.717, 1.165) is 19.4 Å². The van der Waals surface area contributed by atoms with Crippen LogP contribution in [-0.2, 0) is 9.59 Å². The molecule has 1 fully saturated rings. The van der Waals surface area contributed by atoms with E-state index in [-0.39, 0.29) is 17.9 Å². The van der Waals surface area contributed by atoms with Crippen LogP contribution < -0.4 is 10.6 Å². The molecule has 0 saturated carbocycles. The average molecular weight is 228 g/mol. The minimum absolute atomic E-state index is 0.189. The van der Waals surface area contributed by atoms with Crippen molar-refractivity contribution in [2.75, 3.05) is 6.54 Å². The highest BCUT2D eigenvalue weighted by Gasteiger charge is 2.27. The first kappa shape index (κ1) is 13.0. The number of carbonyl (C=O) groups is 2. The van der Waals surface area contributed by atoms with E-state index in [0.29, 0.717) is 6.42 Å². The molecule has 0 aromatic heterocycles. The number of carboxylic acid groups (broad SMARTS) is 1. The van der Waals surface area contributed by atoms with Crippen LogP contribution in [0.15, 0.2) is 0 Å². The maximum absolute atomic E-state index is 11.7. The lowest BCUT2D eigenvalue weighted by Gasteiger charge is -2.18. The third-order valence-corrected chi connectivity index (χ3v) is 2.70. The van der Waals surface area contributed by atoms with Crippen molar-refractivity contribution in [2.24, 2.45) is 5.92 Å². The summed E-state index contributed by atoms with van der Waals surface area (Å²) in [7, 11) is 0. The number of nitrogens with one attached hydrogen (secondary N) is 2. The molecule has 0 aromatic carbocycles.